The molecular formula is C11H11O6-3. The van der Waals surface area contributed by atoms with E-state index < -0.39 is 17.9 Å². The third-order valence-electron chi connectivity index (χ3n) is 1.01. The first-order chi connectivity index (χ1) is 7.77. The first-order valence-corrected chi connectivity index (χ1v) is 4.39. The number of carbonyl (C=O) groups is 3. The zero-order valence-electron chi connectivity index (χ0n) is 9.34. The van der Waals surface area contributed by atoms with E-state index in [1.54, 1.807) is 18.2 Å². The minimum absolute atomic E-state index is 0.220. The molecule has 94 valence electrons. The topological polar surface area (TPSA) is 120 Å². The molecule has 0 saturated carbocycles. The maximum atomic E-state index is 10.1. The molecule has 0 aliphatic carbocycles. The second-order valence-electron chi connectivity index (χ2n) is 2.64. The monoisotopic (exact) mass is 239 g/mol. The van der Waals surface area contributed by atoms with Crippen LogP contribution in [0.15, 0.2) is 30.3 Å². The summed E-state index contributed by atoms with van der Waals surface area (Å²) in [6.45, 7) is 1.94. The molecule has 0 saturated heterocycles. The summed E-state index contributed by atoms with van der Waals surface area (Å²) in [4.78, 5) is 27.9. The fourth-order valence-electron chi connectivity index (χ4n) is 0.574. The van der Waals surface area contributed by atoms with Crippen molar-refractivity contribution in [3.63, 3.8) is 0 Å². The molecule has 0 atom stereocenters. The van der Waals surface area contributed by atoms with Gasteiger partial charge in [0, 0.05) is 11.9 Å². The van der Waals surface area contributed by atoms with E-state index in [9.17, 15) is 9.90 Å². The van der Waals surface area contributed by atoms with Crippen molar-refractivity contribution in [2.45, 2.75) is 13.8 Å². The summed E-state index contributed by atoms with van der Waals surface area (Å²) in [7, 11) is 0. The smallest absolute Gasteiger partial charge is 0.0715 e. The van der Waals surface area contributed by atoms with E-state index in [0.29, 0.717) is 0 Å². The highest BCUT2D eigenvalue weighted by Gasteiger charge is 1.85. The Kier molecular flexibility index (Phi) is 10.2. The fourth-order valence-corrected chi connectivity index (χ4v) is 0.574. The molecule has 1 aromatic carbocycles. The lowest BCUT2D eigenvalue weighted by Crippen LogP contribution is -2.21. The molecule has 17 heavy (non-hydrogen) atoms. The van der Waals surface area contributed by atoms with Crippen molar-refractivity contribution < 1.29 is 29.7 Å². The first-order valence-electron chi connectivity index (χ1n) is 4.39. The molecule has 0 bridgehead atoms. The zero-order chi connectivity index (χ0) is 13.8. The number of hydrogen-bond donors (Lipinski definition) is 0. The van der Waals surface area contributed by atoms with Crippen molar-refractivity contribution in [2.75, 3.05) is 0 Å². The number of hydrogen-bond acceptors (Lipinski definition) is 6. The number of rotatable bonds is 1. The lowest BCUT2D eigenvalue weighted by molar-refractivity contribution is -0.303. The van der Waals surface area contributed by atoms with Gasteiger partial charge in [-0.2, -0.15) is 0 Å². The highest BCUT2D eigenvalue weighted by molar-refractivity contribution is 5.85. The molecule has 6 nitrogen and oxygen atoms in total. The van der Waals surface area contributed by atoms with Crippen LogP contribution < -0.4 is 15.3 Å². The van der Waals surface area contributed by atoms with Gasteiger partial charge in [0.25, 0.3) is 0 Å². The molecule has 0 unspecified atom stereocenters. The summed E-state index contributed by atoms with van der Waals surface area (Å²) >= 11 is 0. The maximum Gasteiger partial charge on any atom is 0.0715 e. The predicted octanol–water partition coefficient (Wildman–Crippen LogP) is -2.44. The third kappa shape index (κ3) is 19.9. The normalized spacial score (nSPS) is 7.65. The Labute approximate surface area is 98.1 Å². The fraction of sp³-hybridized carbons (Fsp3) is 0.182. The van der Waals surface area contributed by atoms with Gasteiger partial charge in [-0.3, -0.25) is 0 Å². The van der Waals surface area contributed by atoms with Gasteiger partial charge in [0.1, 0.15) is 0 Å². The van der Waals surface area contributed by atoms with Gasteiger partial charge in [0.05, 0.1) is 5.97 Å². The molecule has 0 radical (unpaired) electrons. The maximum absolute atomic E-state index is 10.1. The quantitative estimate of drug-likeness (QED) is 0.537. The highest BCUT2D eigenvalue weighted by Crippen LogP contribution is 1.94. The van der Waals surface area contributed by atoms with Crippen molar-refractivity contribution in [3.05, 3.63) is 35.9 Å². The van der Waals surface area contributed by atoms with Crippen molar-refractivity contribution in [1.82, 2.24) is 0 Å². The van der Waals surface area contributed by atoms with Crippen LogP contribution in [-0.4, -0.2) is 17.9 Å². The van der Waals surface area contributed by atoms with Gasteiger partial charge >= 0.3 is 0 Å². The zero-order valence-corrected chi connectivity index (χ0v) is 9.34. The summed E-state index contributed by atoms with van der Waals surface area (Å²) in [6.07, 6.45) is 0. The molecule has 6 heteroatoms. The number of carbonyl (C=O) groups excluding carboxylic acids is 3. The number of aliphatic carboxylic acids is 2. The van der Waals surface area contributed by atoms with Crippen LogP contribution in [-0.2, 0) is 9.59 Å². The van der Waals surface area contributed by atoms with Gasteiger partial charge in [-0.15, -0.1) is 0 Å². The molecule has 1 rings (SSSR count). The third-order valence-corrected chi connectivity index (χ3v) is 1.01. The van der Waals surface area contributed by atoms with Gasteiger partial charge in [0.2, 0.25) is 0 Å². The van der Waals surface area contributed by atoms with Crippen LogP contribution in [0.1, 0.15) is 24.2 Å². The summed E-state index contributed by atoms with van der Waals surface area (Å²) in [5.74, 6) is -3.30. The molecule has 0 spiro atoms. The van der Waals surface area contributed by atoms with Gasteiger partial charge in [0.15, 0.2) is 0 Å². The van der Waals surface area contributed by atoms with Crippen molar-refractivity contribution >= 4 is 17.9 Å². The second-order valence-corrected chi connectivity index (χ2v) is 2.64. The van der Waals surface area contributed by atoms with E-state index >= 15 is 0 Å². The Morgan fingerprint density at radius 2 is 1.12 bits per heavy atom. The van der Waals surface area contributed by atoms with Crippen molar-refractivity contribution in [1.29, 1.82) is 0 Å². The summed E-state index contributed by atoms with van der Waals surface area (Å²) < 4.78 is 0. The molecule has 0 N–H and O–H groups in total. The summed E-state index contributed by atoms with van der Waals surface area (Å²) in [5.41, 5.74) is 0.220. The average molecular weight is 239 g/mol. The highest BCUT2D eigenvalue weighted by atomic mass is 16.4. The van der Waals surface area contributed by atoms with E-state index in [2.05, 4.69) is 0 Å². The van der Waals surface area contributed by atoms with Crippen LogP contribution in [0.25, 0.3) is 0 Å². The van der Waals surface area contributed by atoms with Crippen molar-refractivity contribution in [3.8, 4) is 0 Å². The Morgan fingerprint density at radius 3 is 1.29 bits per heavy atom. The SMILES string of the molecule is CC(=O)[O-].CC(=O)[O-].O=C([O-])c1ccccc1. The van der Waals surface area contributed by atoms with E-state index in [-0.39, 0.29) is 5.56 Å². The molecule has 0 amide bonds. The largest absolute Gasteiger partial charge is 0.550 e. The van der Waals surface area contributed by atoms with Gasteiger partial charge < -0.3 is 29.7 Å². The Balaban J connectivity index is 0. The average Bonchev–Trinajstić information content (AvgIpc) is 2.17. The lowest BCUT2D eigenvalue weighted by Gasteiger charge is -1.97. The summed E-state index contributed by atoms with van der Waals surface area (Å²) in [5, 5.41) is 27.9. The molecule has 0 heterocycles. The first kappa shape index (κ1) is 17.0. The van der Waals surface area contributed by atoms with E-state index in [4.69, 9.17) is 19.8 Å². The van der Waals surface area contributed by atoms with Crippen LogP contribution in [0.5, 0.6) is 0 Å². The number of aromatic carboxylic acids is 1. The molecule has 0 aromatic heterocycles. The van der Waals surface area contributed by atoms with E-state index in [0.717, 1.165) is 13.8 Å². The minimum Gasteiger partial charge on any atom is -0.550 e. The van der Waals surface area contributed by atoms with Gasteiger partial charge in [-0.25, -0.2) is 0 Å². The van der Waals surface area contributed by atoms with Crippen molar-refractivity contribution in [2.24, 2.45) is 0 Å². The van der Waals surface area contributed by atoms with Crippen LogP contribution in [0.3, 0.4) is 0 Å². The van der Waals surface area contributed by atoms with Crippen LogP contribution in [0.4, 0.5) is 0 Å². The Hall–Kier alpha value is -2.37. The van der Waals surface area contributed by atoms with Crippen LogP contribution in [0, 0.1) is 0 Å². The Bertz CT molecular complexity index is 337. The summed E-state index contributed by atoms with van der Waals surface area (Å²) in [6, 6.07) is 8.06. The van der Waals surface area contributed by atoms with E-state index in [1.165, 1.54) is 12.1 Å². The molecule has 0 aliphatic rings. The lowest BCUT2D eigenvalue weighted by atomic mass is 10.2. The number of benzene rings is 1. The van der Waals surface area contributed by atoms with Gasteiger partial charge in [-0.1, -0.05) is 30.3 Å². The van der Waals surface area contributed by atoms with Crippen LogP contribution >= 0.6 is 0 Å². The second kappa shape index (κ2) is 10.2. The molecule has 1 aromatic rings. The Morgan fingerprint density at radius 1 is 0.824 bits per heavy atom. The number of carboxylic acids is 3. The number of carboxylic acid groups (broad SMARTS) is 3. The molecule has 0 aliphatic heterocycles. The standard InChI is InChI=1S/C7H6O2.2C2H4O2/c8-7(9)6-4-2-1-3-5-6;2*1-2(3)4/h1-5H,(H,8,9);2*1H3,(H,3,4)/p-3. The predicted molar refractivity (Wildman–Crippen MR) is 52.1 cm³/mol. The molecular weight excluding hydrogens is 228 g/mol. The minimum atomic E-state index is -1.13. The van der Waals surface area contributed by atoms with Crippen LogP contribution in [0.2, 0.25) is 0 Å². The van der Waals surface area contributed by atoms with Gasteiger partial charge in [-0.05, 0) is 19.4 Å². The van der Waals surface area contributed by atoms with E-state index in [1.807, 2.05) is 0 Å². The molecule has 0 fully saturated rings.